The molecule has 4 nitrogen and oxygen atoms in total. The molecule has 0 bridgehead atoms. The van der Waals surface area contributed by atoms with E-state index in [2.05, 4.69) is 10.3 Å². The van der Waals surface area contributed by atoms with E-state index in [1.807, 2.05) is 0 Å². The van der Waals surface area contributed by atoms with Crippen molar-refractivity contribution in [3.63, 3.8) is 0 Å². The Morgan fingerprint density at radius 1 is 1.47 bits per heavy atom. The van der Waals surface area contributed by atoms with E-state index in [9.17, 15) is 9.18 Å². The number of fused-ring (bicyclic) bond motifs is 1. The van der Waals surface area contributed by atoms with Crippen LogP contribution in [0.5, 0.6) is 0 Å². The second kappa shape index (κ2) is 3.92. The average Bonchev–Trinajstić information content (AvgIpc) is 2.81. The molecule has 0 spiro atoms. The van der Waals surface area contributed by atoms with Crippen molar-refractivity contribution in [1.29, 1.82) is 0 Å². The second-order valence-electron chi connectivity index (χ2n) is 4.28. The monoisotopic (exact) mass is 233 g/mol. The van der Waals surface area contributed by atoms with Crippen molar-refractivity contribution in [2.24, 2.45) is 0 Å². The first-order valence-electron chi connectivity index (χ1n) is 5.63. The molecular formula is C12H12FN3O. The number of nitrogens with zero attached hydrogens (tertiary/aromatic N) is 2. The summed E-state index contributed by atoms with van der Waals surface area (Å²) in [7, 11) is 0. The SMILES string of the molecule is O=c1cc(C2CCNC2)nc2cc(F)ccn12. The summed E-state index contributed by atoms with van der Waals surface area (Å²) in [4.78, 5) is 16.2. The van der Waals surface area contributed by atoms with Gasteiger partial charge < -0.3 is 5.32 Å². The van der Waals surface area contributed by atoms with E-state index in [1.54, 1.807) is 6.07 Å². The van der Waals surface area contributed by atoms with Gasteiger partial charge in [0.05, 0.1) is 5.69 Å². The van der Waals surface area contributed by atoms with Crippen LogP contribution in [-0.4, -0.2) is 22.5 Å². The van der Waals surface area contributed by atoms with Gasteiger partial charge in [-0.2, -0.15) is 0 Å². The highest BCUT2D eigenvalue weighted by Gasteiger charge is 2.19. The average molecular weight is 233 g/mol. The minimum Gasteiger partial charge on any atom is -0.316 e. The molecule has 0 aliphatic carbocycles. The van der Waals surface area contributed by atoms with Gasteiger partial charge in [-0.25, -0.2) is 9.37 Å². The highest BCUT2D eigenvalue weighted by Crippen LogP contribution is 2.19. The molecule has 88 valence electrons. The lowest BCUT2D eigenvalue weighted by molar-refractivity contribution is 0.624. The van der Waals surface area contributed by atoms with Crippen molar-refractivity contribution >= 4 is 5.65 Å². The third-order valence-electron chi connectivity index (χ3n) is 3.13. The van der Waals surface area contributed by atoms with Crippen LogP contribution in [0, 0.1) is 5.82 Å². The molecule has 0 amide bonds. The maximum atomic E-state index is 13.1. The molecule has 0 saturated carbocycles. The van der Waals surface area contributed by atoms with Gasteiger partial charge >= 0.3 is 0 Å². The smallest absolute Gasteiger partial charge is 0.258 e. The van der Waals surface area contributed by atoms with E-state index in [-0.39, 0.29) is 17.3 Å². The number of pyridine rings is 1. The van der Waals surface area contributed by atoms with Gasteiger partial charge in [0.15, 0.2) is 0 Å². The molecule has 1 unspecified atom stereocenters. The summed E-state index contributed by atoms with van der Waals surface area (Å²) >= 11 is 0. The zero-order chi connectivity index (χ0) is 11.8. The molecule has 1 N–H and O–H groups in total. The number of aromatic nitrogens is 2. The van der Waals surface area contributed by atoms with E-state index < -0.39 is 0 Å². The van der Waals surface area contributed by atoms with E-state index in [0.29, 0.717) is 5.65 Å². The Kier molecular flexibility index (Phi) is 2.40. The summed E-state index contributed by atoms with van der Waals surface area (Å²) in [5.74, 6) is -0.116. The third kappa shape index (κ3) is 1.82. The van der Waals surface area contributed by atoms with Crippen LogP contribution in [0.1, 0.15) is 18.0 Å². The van der Waals surface area contributed by atoms with Gasteiger partial charge in [0.1, 0.15) is 11.5 Å². The standard InChI is InChI=1S/C12H12FN3O/c13-9-2-4-16-11(5-9)15-10(6-12(16)17)8-1-3-14-7-8/h2,4-6,8,14H,1,3,7H2. The van der Waals surface area contributed by atoms with Crippen molar-refractivity contribution in [3.05, 3.63) is 46.3 Å². The van der Waals surface area contributed by atoms with E-state index in [1.165, 1.54) is 22.7 Å². The third-order valence-corrected chi connectivity index (χ3v) is 3.13. The molecule has 2 aromatic rings. The van der Waals surface area contributed by atoms with Gasteiger partial charge in [-0.1, -0.05) is 0 Å². The van der Waals surface area contributed by atoms with Gasteiger partial charge in [-0.15, -0.1) is 0 Å². The van der Waals surface area contributed by atoms with E-state index in [0.717, 1.165) is 25.2 Å². The number of hydrogen-bond donors (Lipinski definition) is 1. The molecule has 1 aliphatic heterocycles. The fraction of sp³-hybridized carbons (Fsp3) is 0.333. The van der Waals surface area contributed by atoms with Crippen LogP contribution in [0.25, 0.3) is 5.65 Å². The number of nitrogens with one attached hydrogen (secondary N) is 1. The van der Waals surface area contributed by atoms with Crippen LogP contribution in [-0.2, 0) is 0 Å². The van der Waals surface area contributed by atoms with Gasteiger partial charge in [0.25, 0.3) is 5.56 Å². The normalized spacial score (nSPS) is 19.9. The number of rotatable bonds is 1. The molecular weight excluding hydrogens is 221 g/mol. The maximum absolute atomic E-state index is 13.1. The van der Waals surface area contributed by atoms with Crippen LogP contribution in [0.2, 0.25) is 0 Å². The molecule has 1 atom stereocenters. The Hall–Kier alpha value is -1.75. The first-order chi connectivity index (χ1) is 8.24. The van der Waals surface area contributed by atoms with Crippen molar-refractivity contribution in [2.75, 3.05) is 13.1 Å². The van der Waals surface area contributed by atoms with Crippen LogP contribution < -0.4 is 10.9 Å². The summed E-state index contributed by atoms with van der Waals surface area (Å²) in [5.41, 5.74) is 0.974. The first-order valence-corrected chi connectivity index (χ1v) is 5.63. The Morgan fingerprint density at radius 3 is 3.12 bits per heavy atom. The quantitative estimate of drug-likeness (QED) is 0.796. The van der Waals surface area contributed by atoms with Crippen molar-refractivity contribution in [2.45, 2.75) is 12.3 Å². The van der Waals surface area contributed by atoms with E-state index in [4.69, 9.17) is 0 Å². The van der Waals surface area contributed by atoms with Crippen molar-refractivity contribution in [3.8, 4) is 0 Å². The summed E-state index contributed by atoms with van der Waals surface area (Å²) in [6.45, 7) is 1.77. The highest BCUT2D eigenvalue weighted by molar-refractivity contribution is 5.39. The lowest BCUT2D eigenvalue weighted by Crippen LogP contribution is -2.18. The Bertz CT molecular complexity index is 617. The molecule has 0 radical (unpaired) electrons. The summed E-state index contributed by atoms with van der Waals surface area (Å²) in [6.07, 6.45) is 2.38. The fourth-order valence-corrected chi connectivity index (χ4v) is 2.21. The summed E-state index contributed by atoms with van der Waals surface area (Å²) < 4.78 is 14.5. The molecule has 3 heterocycles. The predicted octanol–water partition coefficient (Wildman–Crippen LogP) is 0.910. The zero-order valence-electron chi connectivity index (χ0n) is 9.19. The minimum atomic E-state index is -0.376. The predicted molar refractivity (Wildman–Crippen MR) is 61.6 cm³/mol. The lowest BCUT2D eigenvalue weighted by Gasteiger charge is -2.08. The summed E-state index contributed by atoms with van der Waals surface area (Å²) in [6, 6.07) is 4.09. The van der Waals surface area contributed by atoms with Crippen LogP contribution in [0.4, 0.5) is 4.39 Å². The Balaban J connectivity index is 2.18. The van der Waals surface area contributed by atoms with Gasteiger partial charge in [-0.05, 0) is 19.0 Å². The lowest BCUT2D eigenvalue weighted by atomic mass is 10.0. The second-order valence-corrected chi connectivity index (χ2v) is 4.28. The topological polar surface area (TPSA) is 46.4 Å². The van der Waals surface area contributed by atoms with E-state index >= 15 is 0 Å². The number of hydrogen-bond acceptors (Lipinski definition) is 3. The number of halogens is 1. The van der Waals surface area contributed by atoms with Crippen LogP contribution in [0.3, 0.4) is 0 Å². The molecule has 1 fully saturated rings. The fourth-order valence-electron chi connectivity index (χ4n) is 2.21. The van der Waals surface area contributed by atoms with Crippen molar-refractivity contribution in [1.82, 2.24) is 14.7 Å². The largest absolute Gasteiger partial charge is 0.316 e. The Labute approximate surface area is 97.1 Å². The van der Waals surface area contributed by atoms with Gasteiger partial charge in [0.2, 0.25) is 0 Å². The molecule has 1 aliphatic rings. The summed E-state index contributed by atoms with van der Waals surface area (Å²) in [5, 5.41) is 3.23. The highest BCUT2D eigenvalue weighted by atomic mass is 19.1. The minimum absolute atomic E-state index is 0.156. The molecule has 5 heteroatoms. The molecule has 3 rings (SSSR count). The molecule has 17 heavy (non-hydrogen) atoms. The Morgan fingerprint density at radius 2 is 2.35 bits per heavy atom. The van der Waals surface area contributed by atoms with Crippen molar-refractivity contribution < 1.29 is 4.39 Å². The zero-order valence-corrected chi connectivity index (χ0v) is 9.19. The van der Waals surface area contributed by atoms with Gasteiger partial charge in [0, 0.05) is 30.8 Å². The van der Waals surface area contributed by atoms with Crippen LogP contribution >= 0.6 is 0 Å². The first kappa shape index (κ1) is 10.4. The van der Waals surface area contributed by atoms with Gasteiger partial charge in [-0.3, -0.25) is 9.20 Å². The van der Waals surface area contributed by atoms with Crippen LogP contribution in [0.15, 0.2) is 29.2 Å². The maximum Gasteiger partial charge on any atom is 0.258 e. The molecule has 0 aromatic carbocycles. The molecule has 1 saturated heterocycles. The molecule has 2 aromatic heterocycles.